The average Bonchev–Trinajstić information content (AvgIpc) is 2.26. The van der Waals surface area contributed by atoms with Crippen LogP contribution in [-0.4, -0.2) is 44.0 Å². The molecule has 0 bridgehead atoms. The number of unbranched alkanes of at least 4 members (excludes halogenated alkanes) is 1. The molecule has 1 rings (SSSR count). The van der Waals surface area contributed by atoms with E-state index in [1.807, 2.05) is 20.8 Å². The Balaban J connectivity index is 2.27. The summed E-state index contributed by atoms with van der Waals surface area (Å²) >= 11 is 0. The second-order valence-corrected chi connectivity index (χ2v) is 8.18. The summed E-state index contributed by atoms with van der Waals surface area (Å²) in [6.45, 7) is 7.51. The van der Waals surface area contributed by atoms with Gasteiger partial charge in [-0.3, -0.25) is 4.90 Å². The summed E-state index contributed by atoms with van der Waals surface area (Å²) in [5.74, 6) is 0.581. The van der Waals surface area contributed by atoms with Gasteiger partial charge in [-0.2, -0.15) is 5.26 Å². The van der Waals surface area contributed by atoms with Crippen molar-refractivity contribution in [3.05, 3.63) is 0 Å². The van der Waals surface area contributed by atoms with Gasteiger partial charge in [-0.25, -0.2) is 8.42 Å². The Hall–Kier alpha value is -0.600. The first-order chi connectivity index (χ1) is 8.26. The molecular weight excluding hydrogens is 248 g/mol. The third-order valence-electron chi connectivity index (χ3n) is 3.61. The molecule has 104 valence electrons. The van der Waals surface area contributed by atoms with Crippen LogP contribution in [0.25, 0.3) is 0 Å². The molecule has 0 aliphatic carbocycles. The Morgan fingerprint density at radius 2 is 2.06 bits per heavy atom. The highest BCUT2D eigenvalue weighted by Crippen LogP contribution is 2.22. The highest BCUT2D eigenvalue weighted by molar-refractivity contribution is 7.91. The molecule has 0 aromatic rings. The lowest BCUT2D eigenvalue weighted by Crippen LogP contribution is -2.47. The number of hydrogen-bond donors (Lipinski definition) is 0. The largest absolute Gasteiger partial charge is 0.299 e. The van der Waals surface area contributed by atoms with E-state index in [4.69, 9.17) is 5.26 Å². The number of nitrogens with zero attached hydrogens (tertiary/aromatic N) is 2. The van der Waals surface area contributed by atoms with E-state index >= 15 is 0 Å². The Bertz CT molecular complexity index is 409. The van der Waals surface area contributed by atoms with Gasteiger partial charge in [0.05, 0.1) is 23.0 Å². The lowest BCUT2D eigenvalue weighted by Gasteiger charge is -2.33. The zero-order valence-corrected chi connectivity index (χ0v) is 12.5. The molecule has 0 N–H and O–H groups in total. The number of hydrogen-bond acceptors (Lipinski definition) is 4. The van der Waals surface area contributed by atoms with Crippen molar-refractivity contribution in [2.75, 3.05) is 24.6 Å². The van der Waals surface area contributed by atoms with Crippen LogP contribution in [-0.2, 0) is 9.84 Å². The second kappa shape index (κ2) is 6.03. The average molecular weight is 272 g/mol. The lowest BCUT2D eigenvalue weighted by atomic mass is 9.89. The molecule has 0 amide bonds. The van der Waals surface area contributed by atoms with Gasteiger partial charge >= 0.3 is 0 Å². The summed E-state index contributed by atoms with van der Waals surface area (Å²) in [5.41, 5.74) is -0.239. The van der Waals surface area contributed by atoms with E-state index in [1.165, 1.54) is 0 Å². The molecule has 1 atom stereocenters. The van der Waals surface area contributed by atoms with E-state index in [-0.39, 0.29) is 17.2 Å². The number of sulfone groups is 1. The van der Waals surface area contributed by atoms with E-state index < -0.39 is 9.84 Å². The fraction of sp³-hybridized carbons (Fsp3) is 0.923. The molecule has 1 saturated heterocycles. The van der Waals surface area contributed by atoms with Crippen LogP contribution < -0.4 is 0 Å². The van der Waals surface area contributed by atoms with Gasteiger partial charge in [0.15, 0.2) is 9.84 Å². The molecule has 1 fully saturated rings. The Morgan fingerprint density at radius 3 is 2.61 bits per heavy atom. The van der Waals surface area contributed by atoms with Crippen molar-refractivity contribution in [2.24, 2.45) is 5.41 Å². The molecule has 1 unspecified atom stereocenters. The molecular formula is C13H24N2O2S. The first kappa shape index (κ1) is 15.5. The van der Waals surface area contributed by atoms with Crippen LogP contribution in [0.15, 0.2) is 0 Å². The van der Waals surface area contributed by atoms with Crippen LogP contribution in [0, 0.1) is 16.7 Å². The van der Waals surface area contributed by atoms with E-state index in [0.717, 1.165) is 25.8 Å². The minimum absolute atomic E-state index is 0.132. The smallest absolute Gasteiger partial charge is 0.153 e. The van der Waals surface area contributed by atoms with Gasteiger partial charge in [0.1, 0.15) is 0 Å². The highest BCUT2D eigenvalue weighted by atomic mass is 32.2. The lowest BCUT2D eigenvalue weighted by molar-refractivity contribution is 0.219. The molecule has 0 radical (unpaired) electrons. The third-order valence-corrected chi connectivity index (χ3v) is 5.40. The molecule has 4 nitrogen and oxygen atoms in total. The van der Waals surface area contributed by atoms with Gasteiger partial charge < -0.3 is 0 Å². The summed E-state index contributed by atoms with van der Waals surface area (Å²) in [5, 5.41) is 8.91. The van der Waals surface area contributed by atoms with E-state index in [0.29, 0.717) is 12.3 Å². The van der Waals surface area contributed by atoms with Crippen molar-refractivity contribution in [2.45, 2.75) is 46.1 Å². The molecule has 0 spiro atoms. The maximum atomic E-state index is 11.4. The SMILES string of the molecule is CC1CS(=O)(=O)CCN1CCCCC(C)(C)C#N. The van der Waals surface area contributed by atoms with Gasteiger partial charge in [-0.05, 0) is 40.2 Å². The zero-order chi connectivity index (χ0) is 13.8. The van der Waals surface area contributed by atoms with Crippen molar-refractivity contribution in [3.63, 3.8) is 0 Å². The molecule has 18 heavy (non-hydrogen) atoms. The van der Waals surface area contributed by atoms with Gasteiger partial charge in [0, 0.05) is 12.6 Å². The molecule has 0 aromatic heterocycles. The van der Waals surface area contributed by atoms with Crippen molar-refractivity contribution < 1.29 is 8.42 Å². The highest BCUT2D eigenvalue weighted by Gasteiger charge is 2.27. The van der Waals surface area contributed by atoms with Crippen molar-refractivity contribution in [1.29, 1.82) is 5.26 Å². The first-order valence-corrected chi connectivity index (χ1v) is 8.44. The molecule has 1 heterocycles. The maximum absolute atomic E-state index is 11.4. The van der Waals surface area contributed by atoms with Gasteiger partial charge in [0.2, 0.25) is 0 Å². The summed E-state index contributed by atoms with van der Waals surface area (Å²) < 4.78 is 22.9. The molecule has 5 heteroatoms. The Labute approximate surface area is 111 Å². The first-order valence-electron chi connectivity index (χ1n) is 6.61. The van der Waals surface area contributed by atoms with Crippen LogP contribution in [0.1, 0.15) is 40.0 Å². The molecule has 0 aromatic carbocycles. The Kier molecular flexibility index (Phi) is 5.18. The van der Waals surface area contributed by atoms with E-state index in [9.17, 15) is 8.42 Å². The fourth-order valence-electron chi connectivity index (χ4n) is 2.30. The molecule has 0 saturated carbocycles. The second-order valence-electron chi connectivity index (χ2n) is 5.95. The maximum Gasteiger partial charge on any atom is 0.153 e. The summed E-state index contributed by atoms with van der Waals surface area (Å²) in [7, 11) is -2.81. The predicted octanol–water partition coefficient (Wildman–Crippen LogP) is 1.83. The van der Waals surface area contributed by atoms with E-state index in [2.05, 4.69) is 11.0 Å². The van der Waals surface area contributed by atoms with Gasteiger partial charge in [0.25, 0.3) is 0 Å². The van der Waals surface area contributed by atoms with Crippen LogP contribution in [0.4, 0.5) is 0 Å². The van der Waals surface area contributed by atoms with Crippen LogP contribution in [0.3, 0.4) is 0 Å². The van der Waals surface area contributed by atoms with E-state index in [1.54, 1.807) is 0 Å². The quantitative estimate of drug-likeness (QED) is 0.716. The van der Waals surface area contributed by atoms with Crippen molar-refractivity contribution in [3.8, 4) is 6.07 Å². The van der Waals surface area contributed by atoms with Crippen LogP contribution in [0.5, 0.6) is 0 Å². The summed E-state index contributed by atoms with van der Waals surface area (Å²) in [4.78, 5) is 2.25. The van der Waals surface area contributed by atoms with Crippen molar-refractivity contribution in [1.82, 2.24) is 4.90 Å². The van der Waals surface area contributed by atoms with Crippen molar-refractivity contribution >= 4 is 9.84 Å². The minimum atomic E-state index is -2.81. The standard InChI is InChI=1S/C13H24N2O2S/c1-12-10-18(16,17)9-8-15(12)7-5-4-6-13(2,3)11-14/h12H,4-10H2,1-3H3. The predicted molar refractivity (Wildman–Crippen MR) is 72.9 cm³/mol. The van der Waals surface area contributed by atoms with Crippen LogP contribution in [0.2, 0.25) is 0 Å². The van der Waals surface area contributed by atoms with Gasteiger partial charge in [-0.1, -0.05) is 6.42 Å². The number of rotatable bonds is 5. The minimum Gasteiger partial charge on any atom is -0.299 e. The third kappa shape index (κ3) is 4.95. The summed E-state index contributed by atoms with van der Waals surface area (Å²) in [6.07, 6.45) is 2.97. The monoisotopic (exact) mass is 272 g/mol. The van der Waals surface area contributed by atoms with Gasteiger partial charge in [-0.15, -0.1) is 0 Å². The topological polar surface area (TPSA) is 61.2 Å². The zero-order valence-electron chi connectivity index (χ0n) is 11.6. The summed E-state index contributed by atoms with van der Waals surface area (Å²) in [6, 6.07) is 2.44. The fourth-order valence-corrected chi connectivity index (χ4v) is 3.93. The van der Waals surface area contributed by atoms with Crippen LogP contribution >= 0.6 is 0 Å². The molecule has 1 aliphatic heterocycles. The Morgan fingerprint density at radius 1 is 1.39 bits per heavy atom. The normalized spacial score (nSPS) is 24.7. The number of nitriles is 1. The molecule has 1 aliphatic rings.